The predicted molar refractivity (Wildman–Crippen MR) is 138 cm³/mol. The Morgan fingerprint density at radius 3 is 2.50 bits per heavy atom. The van der Waals surface area contributed by atoms with E-state index in [1.165, 1.54) is 33.3 Å². The molecular weight excluding hydrogens is 480 g/mol. The van der Waals surface area contributed by atoms with Crippen LogP contribution in [0.25, 0.3) is 0 Å². The summed E-state index contributed by atoms with van der Waals surface area (Å²) in [5.74, 6) is -0.370. The molecule has 0 bridgehead atoms. The number of ether oxygens (including phenoxy) is 1. The minimum atomic E-state index is -0.832. The lowest BCUT2D eigenvalue weighted by Crippen LogP contribution is -2.35. The molecule has 0 saturated heterocycles. The number of thiazole rings is 1. The first kappa shape index (κ1) is 26.4. The first-order valence-corrected chi connectivity index (χ1v) is 14.2. The average Bonchev–Trinajstić information content (AvgIpc) is 3.39. The maximum absolute atomic E-state index is 13.6. The van der Waals surface area contributed by atoms with Crippen molar-refractivity contribution in [2.75, 3.05) is 11.9 Å². The molecule has 1 atom stereocenters. The number of esters is 1. The van der Waals surface area contributed by atoms with E-state index >= 15 is 0 Å². The van der Waals surface area contributed by atoms with Gasteiger partial charge in [0.1, 0.15) is 6.04 Å². The van der Waals surface area contributed by atoms with Gasteiger partial charge in [-0.1, -0.05) is 51.4 Å². The highest BCUT2D eigenvalue weighted by Crippen LogP contribution is 2.39. The number of anilines is 1. The molecular formula is C26H38N4O5S. The van der Waals surface area contributed by atoms with Crippen LogP contribution in [0.15, 0.2) is 10.2 Å². The lowest BCUT2D eigenvalue weighted by atomic mass is 9.84. The van der Waals surface area contributed by atoms with Crippen LogP contribution < -0.4 is 11.0 Å². The van der Waals surface area contributed by atoms with E-state index < -0.39 is 6.04 Å². The maximum Gasteiger partial charge on any atom is 0.331 e. The molecule has 2 heterocycles. The van der Waals surface area contributed by atoms with Crippen LogP contribution in [0.4, 0.5) is 5.13 Å². The minimum Gasteiger partial charge on any atom is -0.493 e. The number of nitrogens with zero attached hydrogens (tertiary/aromatic N) is 3. The zero-order chi connectivity index (χ0) is 25.7. The second-order valence-corrected chi connectivity index (χ2v) is 11.0. The van der Waals surface area contributed by atoms with Crippen LogP contribution in [0.1, 0.15) is 101 Å². The Bertz CT molecular complexity index is 1110. The average molecular weight is 519 g/mol. The summed E-state index contributed by atoms with van der Waals surface area (Å²) in [7, 11) is 1.69. The van der Waals surface area contributed by atoms with E-state index in [1.54, 1.807) is 19.4 Å². The summed E-state index contributed by atoms with van der Waals surface area (Å²) < 4.78 is 7.82. The van der Waals surface area contributed by atoms with Crippen LogP contribution in [0.5, 0.6) is 5.88 Å². The van der Waals surface area contributed by atoms with E-state index in [9.17, 15) is 19.5 Å². The number of carbonyl (C=O) groups is 2. The van der Waals surface area contributed by atoms with Gasteiger partial charge < -0.3 is 15.2 Å². The number of nitrogens with one attached hydrogen (secondary N) is 1. The fraction of sp³-hybridized carbons (Fsp3) is 0.692. The van der Waals surface area contributed by atoms with Crippen LogP contribution in [-0.4, -0.2) is 37.7 Å². The van der Waals surface area contributed by atoms with Gasteiger partial charge in [-0.2, -0.15) is 0 Å². The predicted octanol–water partition coefficient (Wildman–Crippen LogP) is 4.65. The van der Waals surface area contributed by atoms with Gasteiger partial charge >= 0.3 is 11.7 Å². The Morgan fingerprint density at radius 1 is 1.17 bits per heavy atom. The molecule has 0 aromatic carbocycles. The van der Waals surface area contributed by atoms with Gasteiger partial charge in [0.25, 0.3) is 0 Å². The standard InChI is InChI=1S/C26H38N4O5S/c1-3-35-21(31)15-19-16-36-25(27-19)28-23(32)20(14-17-10-6-4-7-11-17)30-24(33)22(29(2)26(30)34)18-12-8-5-9-13-18/h16-18,20,33H,3-15H2,1-2H3,(H,27,28,32)/t20-/m0/s1. The van der Waals surface area contributed by atoms with Gasteiger partial charge in [-0.25, -0.2) is 9.78 Å². The van der Waals surface area contributed by atoms with Crippen LogP contribution in [0, 0.1) is 5.92 Å². The van der Waals surface area contributed by atoms with Crippen molar-refractivity contribution in [3.05, 3.63) is 27.3 Å². The molecule has 2 aromatic heterocycles. The van der Waals surface area contributed by atoms with E-state index in [4.69, 9.17) is 4.74 Å². The molecule has 0 radical (unpaired) electrons. The van der Waals surface area contributed by atoms with Crippen molar-refractivity contribution in [2.24, 2.45) is 13.0 Å². The SMILES string of the molecule is CCOC(=O)Cc1csc(NC(=O)[C@H](CC2CCCCC2)n2c(O)c(C3CCCCC3)n(C)c2=O)n1. The van der Waals surface area contributed by atoms with Crippen molar-refractivity contribution in [3.8, 4) is 5.88 Å². The van der Waals surface area contributed by atoms with E-state index in [0.29, 0.717) is 35.5 Å². The zero-order valence-electron chi connectivity index (χ0n) is 21.3. The number of aromatic nitrogens is 3. The molecule has 2 fully saturated rings. The molecule has 0 spiro atoms. The molecule has 2 aliphatic carbocycles. The summed E-state index contributed by atoms with van der Waals surface area (Å²) in [5, 5.41) is 16.2. The van der Waals surface area contributed by atoms with Crippen LogP contribution in [-0.2, 0) is 27.8 Å². The van der Waals surface area contributed by atoms with Crippen LogP contribution in [0.2, 0.25) is 0 Å². The third-order valence-electron chi connectivity index (χ3n) is 7.61. The molecule has 2 aliphatic rings. The Labute approximate surface area is 215 Å². The monoisotopic (exact) mass is 518 g/mol. The Hall–Kier alpha value is -2.62. The van der Waals surface area contributed by atoms with Crippen molar-refractivity contribution in [2.45, 2.75) is 95.9 Å². The summed E-state index contributed by atoms with van der Waals surface area (Å²) >= 11 is 1.23. The molecule has 2 aromatic rings. The van der Waals surface area contributed by atoms with Gasteiger partial charge in [-0.05, 0) is 32.1 Å². The Kier molecular flexibility index (Phi) is 8.87. The molecule has 198 valence electrons. The van der Waals surface area contributed by atoms with Gasteiger partial charge in [0.15, 0.2) is 5.13 Å². The summed E-state index contributed by atoms with van der Waals surface area (Å²) in [6, 6.07) is -0.832. The Balaban J connectivity index is 1.60. The van der Waals surface area contributed by atoms with Gasteiger partial charge in [-0.3, -0.25) is 18.7 Å². The molecule has 1 amide bonds. The summed E-state index contributed by atoms with van der Waals surface area (Å²) in [4.78, 5) is 43.2. The van der Waals surface area contributed by atoms with Gasteiger partial charge in [-0.15, -0.1) is 11.3 Å². The maximum atomic E-state index is 13.6. The van der Waals surface area contributed by atoms with E-state index in [1.807, 2.05) is 0 Å². The normalized spacial score (nSPS) is 18.2. The van der Waals surface area contributed by atoms with E-state index in [0.717, 1.165) is 51.4 Å². The zero-order valence-corrected chi connectivity index (χ0v) is 22.1. The number of amides is 1. The number of aromatic hydroxyl groups is 1. The topological polar surface area (TPSA) is 115 Å². The first-order chi connectivity index (χ1) is 17.4. The highest BCUT2D eigenvalue weighted by Gasteiger charge is 2.34. The summed E-state index contributed by atoms with van der Waals surface area (Å²) in [5.41, 5.74) is 0.815. The second kappa shape index (κ2) is 12.1. The number of carbonyl (C=O) groups excluding carboxylic acids is 2. The van der Waals surface area contributed by atoms with Crippen molar-refractivity contribution in [3.63, 3.8) is 0 Å². The fourth-order valence-corrected chi connectivity index (χ4v) is 6.52. The lowest BCUT2D eigenvalue weighted by Gasteiger charge is -2.26. The molecule has 2 N–H and O–H groups in total. The quantitative estimate of drug-likeness (QED) is 0.467. The molecule has 10 heteroatoms. The van der Waals surface area contributed by atoms with Crippen LogP contribution in [0.3, 0.4) is 0 Å². The smallest absolute Gasteiger partial charge is 0.331 e. The highest BCUT2D eigenvalue weighted by atomic mass is 32.1. The largest absolute Gasteiger partial charge is 0.493 e. The molecule has 9 nitrogen and oxygen atoms in total. The lowest BCUT2D eigenvalue weighted by molar-refractivity contribution is -0.142. The highest BCUT2D eigenvalue weighted by molar-refractivity contribution is 7.13. The van der Waals surface area contributed by atoms with Gasteiger partial charge in [0.2, 0.25) is 11.8 Å². The van der Waals surface area contributed by atoms with Crippen molar-refractivity contribution in [1.29, 1.82) is 0 Å². The number of hydrogen-bond acceptors (Lipinski definition) is 7. The van der Waals surface area contributed by atoms with Crippen molar-refractivity contribution >= 4 is 28.3 Å². The number of imidazole rings is 1. The van der Waals surface area contributed by atoms with E-state index in [2.05, 4.69) is 10.3 Å². The first-order valence-electron chi connectivity index (χ1n) is 13.3. The summed E-state index contributed by atoms with van der Waals surface area (Å²) in [6.45, 7) is 2.05. The molecule has 4 rings (SSSR count). The molecule has 2 saturated carbocycles. The molecule has 0 aliphatic heterocycles. The van der Waals surface area contributed by atoms with Crippen molar-refractivity contribution < 1.29 is 19.4 Å². The van der Waals surface area contributed by atoms with Crippen LogP contribution >= 0.6 is 11.3 Å². The minimum absolute atomic E-state index is 0.0371. The Morgan fingerprint density at radius 2 is 1.83 bits per heavy atom. The van der Waals surface area contributed by atoms with E-state index in [-0.39, 0.29) is 35.8 Å². The number of rotatable bonds is 9. The third kappa shape index (κ3) is 6.02. The molecule has 0 unspecified atom stereocenters. The van der Waals surface area contributed by atoms with Gasteiger partial charge in [0, 0.05) is 18.3 Å². The number of hydrogen-bond donors (Lipinski definition) is 2. The fourth-order valence-electron chi connectivity index (χ4n) is 5.80. The summed E-state index contributed by atoms with van der Waals surface area (Å²) in [6.07, 6.45) is 11.2. The molecule has 36 heavy (non-hydrogen) atoms. The third-order valence-corrected chi connectivity index (χ3v) is 8.42. The van der Waals surface area contributed by atoms with Crippen molar-refractivity contribution in [1.82, 2.24) is 14.1 Å². The second-order valence-electron chi connectivity index (χ2n) is 10.1. The van der Waals surface area contributed by atoms with Gasteiger partial charge in [0.05, 0.1) is 24.4 Å².